The number of hydrogen-bond acceptors (Lipinski definition) is 4. The molecule has 0 saturated carbocycles. The third-order valence-electron chi connectivity index (χ3n) is 3.01. The van der Waals surface area contributed by atoms with Gasteiger partial charge in [-0.05, 0) is 31.5 Å². The van der Waals surface area contributed by atoms with Crippen LogP contribution in [0.15, 0.2) is 42.5 Å². The molecule has 0 radical (unpaired) electrons. The second-order valence-corrected chi connectivity index (χ2v) is 4.72. The third-order valence-corrected chi connectivity index (χ3v) is 3.01. The number of anilines is 1. The monoisotopic (exact) mass is 285 g/mol. The SMILES string of the molecule is CCOc1cccc(N)c1C(=O)OCc1cccc(C)c1. The molecule has 0 aliphatic carbocycles. The average Bonchev–Trinajstić information content (AvgIpc) is 2.45. The van der Waals surface area contributed by atoms with Crippen molar-refractivity contribution in [3.8, 4) is 5.75 Å². The number of rotatable bonds is 5. The molecule has 2 aromatic carbocycles. The fraction of sp³-hybridized carbons (Fsp3) is 0.235. The molecule has 0 bridgehead atoms. The number of nitrogens with two attached hydrogens (primary N) is 1. The highest BCUT2D eigenvalue weighted by Crippen LogP contribution is 2.25. The van der Waals surface area contributed by atoms with E-state index in [0.717, 1.165) is 11.1 Å². The van der Waals surface area contributed by atoms with Crippen LogP contribution >= 0.6 is 0 Å². The van der Waals surface area contributed by atoms with Gasteiger partial charge in [0.05, 0.1) is 6.61 Å². The Hall–Kier alpha value is -2.49. The van der Waals surface area contributed by atoms with Crippen molar-refractivity contribution in [2.45, 2.75) is 20.5 Å². The van der Waals surface area contributed by atoms with Crippen LogP contribution in [0.5, 0.6) is 5.75 Å². The topological polar surface area (TPSA) is 61.5 Å². The predicted molar refractivity (Wildman–Crippen MR) is 82.3 cm³/mol. The van der Waals surface area contributed by atoms with Crippen molar-refractivity contribution in [2.24, 2.45) is 0 Å². The van der Waals surface area contributed by atoms with Gasteiger partial charge in [-0.15, -0.1) is 0 Å². The zero-order valence-electron chi connectivity index (χ0n) is 12.3. The van der Waals surface area contributed by atoms with E-state index in [-0.39, 0.29) is 12.2 Å². The van der Waals surface area contributed by atoms with Crippen molar-refractivity contribution < 1.29 is 14.3 Å². The predicted octanol–water partition coefficient (Wildman–Crippen LogP) is 3.33. The lowest BCUT2D eigenvalue weighted by atomic mass is 10.1. The smallest absolute Gasteiger partial charge is 0.344 e. The van der Waals surface area contributed by atoms with Crippen molar-refractivity contribution >= 4 is 11.7 Å². The van der Waals surface area contributed by atoms with E-state index < -0.39 is 5.97 Å². The van der Waals surface area contributed by atoms with Gasteiger partial charge in [0.15, 0.2) is 0 Å². The Morgan fingerprint density at radius 3 is 2.67 bits per heavy atom. The first kappa shape index (κ1) is 14.9. The van der Waals surface area contributed by atoms with E-state index in [0.29, 0.717) is 18.0 Å². The van der Waals surface area contributed by atoms with E-state index in [1.54, 1.807) is 18.2 Å². The Balaban J connectivity index is 2.13. The normalized spacial score (nSPS) is 10.2. The lowest BCUT2D eigenvalue weighted by Gasteiger charge is -2.12. The van der Waals surface area contributed by atoms with Gasteiger partial charge in [0, 0.05) is 5.69 Å². The van der Waals surface area contributed by atoms with Gasteiger partial charge in [0.2, 0.25) is 0 Å². The van der Waals surface area contributed by atoms with Gasteiger partial charge >= 0.3 is 5.97 Å². The van der Waals surface area contributed by atoms with Crippen LogP contribution in [0.4, 0.5) is 5.69 Å². The Labute approximate surface area is 124 Å². The van der Waals surface area contributed by atoms with Gasteiger partial charge in [-0.2, -0.15) is 0 Å². The molecule has 0 spiro atoms. The van der Waals surface area contributed by atoms with Gasteiger partial charge < -0.3 is 15.2 Å². The molecule has 21 heavy (non-hydrogen) atoms. The van der Waals surface area contributed by atoms with Gasteiger partial charge in [-0.3, -0.25) is 0 Å². The number of nitrogen functional groups attached to an aromatic ring is 1. The van der Waals surface area contributed by atoms with E-state index in [2.05, 4.69) is 0 Å². The number of ether oxygens (including phenoxy) is 2. The van der Waals surface area contributed by atoms with Crippen molar-refractivity contribution in [3.63, 3.8) is 0 Å². The molecular formula is C17H19NO3. The summed E-state index contributed by atoms with van der Waals surface area (Å²) in [5, 5.41) is 0. The van der Waals surface area contributed by atoms with Gasteiger partial charge in [0.1, 0.15) is 17.9 Å². The van der Waals surface area contributed by atoms with E-state index in [4.69, 9.17) is 15.2 Å². The maximum absolute atomic E-state index is 12.2. The fourth-order valence-corrected chi connectivity index (χ4v) is 2.07. The molecule has 2 N–H and O–H groups in total. The van der Waals surface area contributed by atoms with Crippen LogP contribution in [-0.4, -0.2) is 12.6 Å². The summed E-state index contributed by atoms with van der Waals surface area (Å²) >= 11 is 0. The standard InChI is InChI=1S/C17H19NO3/c1-3-20-15-9-5-8-14(18)16(15)17(19)21-11-13-7-4-6-12(2)10-13/h4-10H,3,11,18H2,1-2H3. The molecule has 0 aliphatic rings. The summed E-state index contributed by atoms with van der Waals surface area (Å²) in [4.78, 5) is 12.2. The van der Waals surface area contributed by atoms with E-state index in [1.807, 2.05) is 38.1 Å². The summed E-state index contributed by atoms with van der Waals surface area (Å²) < 4.78 is 10.8. The number of hydrogen-bond donors (Lipinski definition) is 1. The number of esters is 1. The Morgan fingerprint density at radius 1 is 1.19 bits per heavy atom. The second kappa shape index (κ2) is 6.79. The van der Waals surface area contributed by atoms with Crippen LogP contribution in [0.3, 0.4) is 0 Å². The number of carbonyl (C=O) groups excluding carboxylic acids is 1. The largest absolute Gasteiger partial charge is 0.493 e. The first-order valence-corrected chi connectivity index (χ1v) is 6.85. The van der Waals surface area contributed by atoms with Crippen LogP contribution in [0, 0.1) is 6.92 Å². The van der Waals surface area contributed by atoms with Crippen LogP contribution in [-0.2, 0) is 11.3 Å². The average molecular weight is 285 g/mol. The van der Waals surface area contributed by atoms with Crippen molar-refractivity contribution in [1.29, 1.82) is 0 Å². The lowest BCUT2D eigenvalue weighted by molar-refractivity contribution is 0.0469. The summed E-state index contributed by atoms with van der Waals surface area (Å²) in [5.74, 6) is -0.0233. The van der Waals surface area contributed by atoms with Crippen molar-refractivity contribution in [1.82, 2.24) is 0 Å². The highest BCUT2D eigenvalue weighted by Gasteiger charge is 2.17. The van der Waals surface area contributed by atoms with Gasteiger partial charge in [-0.1, -0.05) is 35.9 Å². The summed E-state index contributed by atoms with van der Waals surface area (Å²) in [6.07, 6.45) is 0. The van der Waals surface area contributed by atoms with Crippen LogP contribution in [0.2, 0.25) is 0 Å². The molecule has 0 unspecified atom stereocenters. The molecule has 0 amide bonds. The Morgan fingerprint density at radius 2 is 1.95 bits per heavy atom. The minimum absolute atomic E-state index is 0.209. The molecule has 2 aromatic rings. The van der Waals surface area contributed by atoms with E-state index >= 15 is 0 Å². The van der Waals surface area contributed by atoms with Gasteiger partial charge in [0.25, 0.3) is 0 Å². The first-order chi connectivity index (χ1) is 10.1. The molecule has 0 saturated heterocycles. The summed E-state index contributed by atoms with van der Waals surface area (Å²) in [6.45, 7) is 4.51. The molecule has 4 nitrogen and oxygen atoms in total. The first-order valence-electron chi connectivity index (χ1n) is 6.85. The maximum Gasteiger partial charge on any atom is 0.344 e. The van der Waals surface area contributed by atoms with E-state index in [9.17, 15) is 4.79 Å². The van der Waals surface area contributed by atoms with Gasteiger partial charge in [-0.25, -0.2) is 4.79 Å². The number of aryl methyl sites for hydroxylation is 1. The summed E-state index contributed by atoms with van der Waals surface area (Å²) in [7, 11) is 0. The fourth-order valence-electron chi connectivity index (χ4n) is 2.07. The zero-order valence-corrected chi connectivity index (χ0v) is 12.3. The molecule has 0 fully saturated rings. The second-order valence-electron chi connectivity index (χ2n) is 4.72. The molecular weight excluding hydrogens is 266 g/mol. The van der Waals surface area contributed by atoms with Crippen molar-refractivity contribution in [3.05, 3.63) is 59.2 Å². The molecule has 0 aliphatic heterocycles. The lowest BCUT2D eigenvalue weighted by Crippen LogP contribution is -2.11. The summed E-state index contributed by atoms with van der Waals surface area (Å²) in [6, 6.07) is 12.9. The quantitative estimate of drug-likeness (QED) is 0.676. The van der Waals surface area contributed by atoms with Crippen LogP contribution in [0.1, 0.15) is 28.4 Å². The molecule has 0 aromatic heterocycles. The van der Waals surface area contributed by atoms with Crippen LogP contribution in [0.25, 0.3) is 0 Å². The molecule has 110 valence electrons. The van der Waals surface area contributed by atoms with Crippen molar-refractivity contribution in [2.75, 3.05) is 12.3 Å². The Bertz CT molecular complexity index is 638. The molecule has 0 heterocycles. The molecule has 0 atom stereocenters. The van der Waals surface area contributed by atoms with E-state index in [1.165, 1.54) is 0 Å². The highest BCUT2D eigenvalue weighted by atomic mass is 16.5. The zero-order chi connectivity index (χ0) is 15.2. The van der Waals surface area contributed by atoms with Crippen LogP contribution < -0.4 is 10.5 Å². The number of benzene rings is 2. The third kappa shape index (κ3) is 3.75. The molecule has 4 heteroatoms. The highest BCUT2D eigenvalue weighted by molar-refractivity contribution is 5.98. The Kier molecular flexibility index (Phi) is 4.82. The minimum atomic E-state index is -0.474. The minimum Gasteiger partial charge on any atom is -0.493 e. The summed E-state index contributed by atoms with van der Waals surface area (Å²) in [5.41, 5.74) is 8.57. The maximum atomic E-state index is 12.2. The number of carbonyl (C=O) groups is 1. The molecule has 2 rings (SSSR count).